The van der Waals surface area contributed by atoms with E-state index in [0.29, 0.717) is 0 Å². The molecule has 0 amide bonds. The highest BCUT2D eigenvalue weighted by molar-refractivity contribution is 9.08. The Labute approximate surface area is 91.5 Å². The van der Waals surface area contributed by atoms with E-state index >= 15 is 0 Å². The van der Waals surface area contributed by atoms with Gasteiger partial charge in [-0.2, -0.15) is 0 Å². The maximum atomic E-state index is 4.38. The Hall–Kier alpha value is -0.0200. The molecule has 1 aromatic rings. The lowest BCUT2D eigenvalue weighted by Gasteiger charge is -1.99. The van der Waals surface area contributed by atoms with Gasteiger partial charge in [0.2, 0.25) is 0 Å². The molecular formula is C10H12BrNS. The summed E-state index contributed by atoms with van der Waals surface area (Å²) in [4.78, 5) is 4.38. The molecule has 0 bridgehead atoms. The molecule has 1 aromatic heterocycles. The van der Waals surface area contributed by atoms with E-state index in [1.165, 1.54) is 24.2 Å². The second-order valence-corrected chi connectivity index (χ2v) is 4.99. The van der Waals surface area contributed by atoms with Gasteiger partial charge in [-0.15, -0.1) is 11.8 Å². The minimum atomic E-state index is 0.896. The molecule has 0 radical (unpaired) electrons. The Morgan fingerprint density at radius 3 is 2.85 bits per heavy atom. The minimum absolute atomic E-state index is 0.896. The maximum Gasteiger partial charge on any atom is 0.0960 e. The Morgan fingerprint density at radius 2 is 2.31 bits per heavy atom. The van der Waals surface area contributed by atoms with Gasteiger partial charge in [0.25, 0.3) is 0 Å². The van der Waals surface area contributed by atoms with Crippen LogP contribution in [-0.2, 0) is 5.33 Å². The van der Waals surface area contributed by atoms with E-state index in [0.717, 1.165) is 16.3 Å². The van der Waals surface area contributed by atoms with Crippen LogP contribution in [0.5, 0.6) is 0 Å². The van der Waals surface area contributed by atoms with Crippen molar-refractivity contribution in [1.29, 1.82) is 0 Å². The highest BCUT2D eigenvalue weighted by atomic mass is 79.9. The molecule has 1 nitrogen and oxygen atoms in total. The minimum Gasteiger partial charge on any atom is -0.250 e. The molecule has 2 rings (SSSR count). The van der Waals surface area contributed by atoms with Gasteiger partial charge in [0.1, 0.15) is 0 Å². The second-order valence-electron chi connectivity index (χ2n) is 3.39. The third kappa shape index (κ3) is 2.99. The number of hydrogen-bond donors (Lipinski definition) is 0. The third-order valence-electron chi connectivity index (χ3n) is 2.12. The molecule has 1 heterocycles. The fourth-order valence-corrected chi connectivity index (χ4v) is 2.43. The van der Waals surface area contributed by atoms with Crippen molar-refractivity contribution >= 4 is 27.7 Å². The summed E-state index contributed by atoms with van der Waals surface area (Å²) in [6, 6.07) is 4.25. The summed E-state index contributed by atoms with van der Waals surface area (Å²) in [5, 5.41) is 2.06. The van der Waals surface area contributed by atoms with Crippen LogP contribution < -0.4 is 0 Å². The molecule has 70 valence electrons. The van der Waals surface area contributed by atoms with Gasteiger partial charge in [-0.3, -0.25) is 0 Å². The van der Waals surface area contributed by atoms with Crippen molar-refractivity contribution in [3.8, 4) is 0 Å². The molecule has 0 atom stereocenters. The highest BCUT2D eigenvalue weighted by Crippen LogP contribution is 2.34. The molecule has 0 spiro atoms. The van der Waals surface area contributed by atoms with Crippen LogP contribution in [0.4, 0.5) is 0 Å². The quantitative estimate of drug-likeness (QED) is 0.605. The predicted molar refractivity (Wildman–Crippen MR) is 60.3 cm³/mol. The predicted octanol–water partition coefficient (Wildman–Crippen LogP) is 3.48. The molecule has 0 unspecified atom stereocenters. The van der Waals surface area contributed by atoms with Crippen LogP contribution in [0.25, 0.3) is 0 Å². The first-order chi connectivity index (χ1) is 6.38. The van der Waals surface area contributed by atoms with Gasteiger partial charge in [-0.25, -0.2) is 4.98 Å². The maximum absolute atomic E-state index is 4.38. The zero-order valence-corrected chi connectivity index (χ0v) is 9.77. The zero-order chi connectivity index (χ0) is 9.10. The number of pyridine rings is 1. The molecular weight excluding hydrogens is 246 g/mol. The number of nitrogens with zero attached hydrogens (tertiary/aromatic N) is 1. The molecule has 1 aliphatic rings. The summed E-state index contributed by atoms with van der Waals surface area (Å²) in [6.07, 6.45) is 4.79. The van der Waals surface area contributed by atoms with Gasteiger partial charge < -0.3 is 0 Å². The van der Waals surface area contributed by atoms with E-state index in [4.69, 9.17) is 0 Å². The summed E-state index contributed by atoms with van der Waals surface area (Å²) in [6.45, 7) is 0. The molecule has 0 saturated heterocycles. The molecule has 0 aliphatic heterocycles. The summed E-state index contributed by atoms with van der Waals surface area (Å²) in [7, 11) is 0. The Kier molecular flexibility index (Phi) is 3.28. The summed E-state index contributed by atoms with van der Waals surface area (Å²) < 4.78 is 0. The standard InChI is InChI=1S/C10H12BrNS/c11-5-9-3-4-10(12-6-9)13-7-8-1-2-8/h3-4,6,8H,1-2,5,7H2. The van der Waals surface area contributed by atoms with E-state index in [9.17, 15) is 0 Å². The molecule has 0 aromatic carbocycles. The number of halogens is 1. The first-order valence-electron chi connectivity index (χ1n) is 4.52. The van der Waals surface area contributed by atoms with Crippen molar-refractivity contribution in [3.63, 3.8) is 0 Å². The van der Waals surface area contributed by atoms with Crippen LogP contribution in [0.3, 0.4) is 0 Å². The van der Waals surface area contributed by atoms with Gasteiger partial charge in [-0.1, -0.05) is 22.0 Å². The number of thioether (sulfide) groups is 1. The van der Waals surface area contributed by atoms with E-state index in [1.807, 2.05) is 18.0 Å². The Balaban J connectivity index is 1.88. The smallest absolute Gasteiger partial charge is 0.0960 e. The van der Waals surface area contributed by atoms with Crippen molar-refractivity contribution in [1.82, 2.24) is 4.98 Å². The van der Waals surface area contributed by atoms with Gasteiger partial charge >= 0.3 is 0 Å². The van der Waals surface area contributed by atoms with Crippen molar-refractivity contribution < 1.29 is 0 Å². The topological polar surface area (TPSA) is 12.9 Å². The van der Waals surface area contributed by atoms with Gasteiger partial charge in [0, 0.05) is 17.3 Å². The first kappa shape index (κ1) is 9.53. The van der Waals surface area contributed by atoms with Crippen LogP contribution in [-0.4, -0.2) is 10.7 Å². The molecule has 1 saturated carbocycles. The lowest BCUT2D eigenvalue weighted by Crippen LogP contribution is -1.86. The van der Waals surface area contributed by atoms with Crippen LogP contribution in [0.1, 0.15) is 18.4 Å². The normalized spacial score (nSPS) is 16.1. The summed E-state index contributed by atoms with van der Waals surface area (Å²) in [5.74, 6) is 2.23. The van der Waals surface area contributed by atoms with Crippen molar-refractivity contribution in [2.75, 3.05) is 5.75 Å². The van der Waals surface area contributed by atoms with Gasteiger partial charge in [-0.05, 0) is 30.4 Å². The van der Waals surface area contributed by atoms with Crippen molar-refractivity contribution in [2.45, 2.75) is 23.2 Å². The second kappa shape index (κ2) is 4.47. The summed E-state index contributed by atoms with van der Waals surface area (Å²) in [5.41, 5.74) is 1.25. The van der Waals surface area contributed by atoms with Crippen LogP contribution in [0.2, 0.25) is 0 Å². The lowest BCUT2D eigenvalue weighted by atomic mass is 10.3. The van der Waals surface area contributed by atoms with Crippen LogP contribution in [0, 0.1) is 5.92 Å². The number of aromatic nitrogens is 1. The average molecular weight is 258 g/mol. The molecule has 3 heteroatoms. The molecule has 13 heavy (non-hydrogen) atoms. The lowest BCUT2D eigenvalue weighted by molar-refractivity contribution is 0.992. The van der Waals surface area contributed by atoms with Gasteiger partial charge in [0.05, 0.1) is 5.03 Å². The fourth-order valence-electron chi connectivity index (χ4n) is 1.06. The van der Waals surface area contributed by atoms with Crippen LogP contribution in [0.15, 0.2) is 23.4 Å². The fraction of sp³-hybridized carbons (Fsp3) is 0.500. The largest absolute Gasteiger partial charge is 0.250 e. The highest BCUT2D eigenvalue weighted by Gasteiger charge is 2.21. The Bertz CT molecular complexity index is 269. The molecule has 1 fully saturated rings. The number of rotatable bonds is 4. The zero-order valence-electron chi connectivity index (χ0n) is 7.37. The SMILES string of the molecule is BrCc1ccc(SCC2CC2)nc1. The van der Waals surface area contributed by atoms with Crippen molar-refractivity contribution in [2.24, 2.45) is 5.92 Å². The summed E-state index contributed by atoms with van der Waals surface area (Å²) >= 11 is 5.29. The molecule has 0 N–H and O–H groups in total. The number of alkyl halides is 1. The Morgan fingerprint density at radius 1 is 1.46 bits per heavy atom. The first-order valence-corrected chi connectivity index (χ1v) is 6.63. The van der Waals surface area contributed by atoms with Gasteiger partial charge in [0.15, 0.2) is 0 Å². The monoisotopic (exact) mass is 257 g/mol. The van der Waals surface area contributed by atoms with E-state index in [2.05, 4.69) is 33.0 Å². The third-order valence-corrected chi connectivity index (χ3v) is 3.94. The van der Waals surface area contributed by atoms with Crippen molar-refractivity contribution in [3.05, 3.63) is 23.9 Å². The number of hydrogen-bond acceptors (Lipinski definition) is 2. The average Bonchev–Trinajstić information content (AvgIpc) is 2.99. The van der Waals surface area contributed by atoms with E-state index in [-0.39, 0.29) is 0 Å². The van der Waals surface area contributed by atoms with Crippen LogP contribution >= 0.6 is 27.7 Å². The van der Waals surface area contributed by atoms with E-state index in [1.54, 1.807) is 0 Å². The van der Waals surface area contributed by atoms with E-state index < -0.39 is 0 Å². The molecule has 1 aliphatic carbocycles.